The third-order valence-corrected chi connectivity index (χ3v) is 3.33. The molecule has 0 heterocycles. The van der Waals surface area contributed by atoms with Crippen LogP contribution in [0.2, 0.25) is 0 Å². The molecule has 1 aliphatic carbocycles. The van der Waals surface area contributed by atoms with Crippen LogP contribution in [-0.2, 0) is 4.79 Å². The Kier molecular flexibility index (Phi) is 4.61. The summed E-state index contributed by atoms with van der Waals surface area (Å²) in [6.07, 6.45) is 4.22. The van der Waals surface area contributed by atoms with Crippen LogP contribution in [0.4, 0.5) is 0 Å². The van der Waals surface area contributed by atoms with E-state index in [0.29, 0.717) is 5.92 Å². The zero-order chi connectivity index (χ0) is 11.3. The van der Waals surface area contributed by atoms with E-state index in [1.807, 2.05) is 11.8 Å². The standard InChI is InChI=1S/C12H20N2O/c1-3-14(10(2)15)9-12-6-4-11(8-13)5-7-12/h11-12H,3-7,9H2,1-2H3. The molecule has 0 saturated heterocycles. The van der Waals surface area contributed by atoms with Crippen molar-refractivity contribution in [3.63, 3.8) is 0 Å². The van der Waals surface area contributed by atoms with Crippen molar-refractivity contribution in [3.05, 3.63) is 0 Å². The van der Waals surface area contributed by atoms with Crippen molar-refractivity contribution in [2.24, 2.45) is 11.8 Å². The highest BCUT2D eigenvalue weighted by molar-refractivity contribution is 5.73. The lowest BCUT2D eigenvalue weighted by Crippen LogP contribution is -2.34. The third-order valence-electron chi connectivity index (χ3n) is 3.33. The highest BCUT2D eigenvalue weighted by Gasteiger charge is 2.22. The van der Waals surface area contributed by atoms with Crippen LogP contribution in [0.1, 0.15) is 39.5 Å². The van der Waals surface area contributed by atoms with E-state index in [1.165, 1.54) is 0 Å². The minimum absolute atomic E-state index is 0.167. The van der Waals surface area contributed by atoms with Gasteiger partial charge in [0, 0.05) is 25.9 Å². The van der Waals surface area contributed by atoms with Crippen LogP contribution in [0.5, 0.6) is 0 Å². The van der Waals surface area contributed by atoms with Crippen molar-refractivity contribution in [2.75, 3.05) is 13.1 Å². The normalized spacial score (nSPS) is 25.7. The number of rotatable bonds is 3. The van der Waals surface area contributed by atoms with Crippen LogP contribution in [0.3, 0.4) is 0 Å². The molecular weight excluding hydrogens is 188 g/mol. The summed E-state index contributed by atoms with van der Waals surface area (Å²) in [6, 6.07) is 2.33. The van der Waals surface area contributed by atoms with Gasteiger partial charge in [0.1, 0.15) is 0 Å². The summed E-state index contributed by atoms with van der Waals surface area (Å²) in [5.41, 5.74) is 0. The van der Waals surface area contributed by atoms with E-state index in [-0.39, 0.29) is 11.8 Å². The van der Waals surface area contributed by atoms with E-state index in [0.717, 1.165) is 38.8 Å². The van der Waals surface area contributed by atoms with Crippen LogP contribution < -0.4 is 0 Å². The molecule has 1 saturated carbocycles. The van der Waals surface area contributed by atoms with Crippen LogP contribution in [-0.4, -0.2) is 23.9 Å². The van der Waals surface area contributed by atoms with E-state index in [4.69, 9.17) is 5.26 Å². The Morgan fingerprint density at radius 3 is 2.40 bits per heavy atom. The van der Waals surface area contributed by atoms with Gasteiger partial charge in [-0.15, -0.1) is 0 Å². The highest BCUT2D eigenvalue weighted by Crippen LogP contribution is 2.28. The fourth-order valence-electron chi connectivity index (χ4n) is 2.27. The van der Waals surface area contributed by atoms with Gasteiger partial charge in [-0.2, -0.15) is 5.26 Å². The maximum Gasteiger partial charge on any atom is 0.219 e. The number of hydrogen-bond acceptors (Lipinski definition) is 2. The monoisotopic (exact) mass is 208 g/mol. The first-order chi connectivity index (χ1) is 7.17. The molecular formula is C12H20N2O. The van der Waals surface area contributed by atoms with E-state index in [9.17, 15) is 4.79 Å². The molecule has 1 rings (SSSR count). The van der Waals surface area contributed by atoms with Gasteiger partial charge < -0.3 is 4.90 Å². The second-order valence-electron chi connectivity index (χ2n) is 4.40. The van der Waals surface area contributed by atoms with Gasteiger partial charge in [0.05, 0.1) is 6.07 Å². The Bertz CT molecular complexity index is 249. The topological polar surface area (TPSA) is 44.1 Å². The summed E-state index contributed by atoms with van der Waals surface area (Å²) in [7, 11) is 0. The van der Waals surface area contributed by atoms with Crippen molar-refractivity contribution in [3.8, 4) is 6.07 Å². The maximum atomic E-state index is 11.2. The molecule has 15 heavy (non-hydrogen) atoms. The first-order valence-corrected chi connectivity index (χ1v) is 5.82. The molecule has 0 bridgehead atoms. The molecule has 1 fully saturated rings. The Morgan fingerprint density at radius 2 is 2.00 bits per heavy atom. The van der Waals surface area contributed by atoms with Crippen molar-refractivity contribution >= 4 is 5.91 Å². The molecule has 84 valence electrons. The van der Waals surface area contributed by atoms with Gasteiger partial charge in [0.25, 0.3) is 0 Å². The lowest BCUT2D eigenvalue weighted by Gasteiger charge is -2.29. The average Bonchev–Trinajstić information content (AvgIpc) is 2.26. The third kappa shape index (κ3) is 3.54. The first kappa shape index (κ1) is 12.0. The fourth-order valence-corrected chi connectivity index (χ4v) is 2.27. The smallest absolute Gasteiger partial charge is 0.219 e. The summed E-state index contributed by atoms with van der Waals surface area (Å²) in [5, 5.41) is 8.78. The molecule has 0 aromatic carbocycles. The maximum absolute atomic E-state index is 11.2. The summed E-state index contributed by atoms with van der Waals surface area (Å²) in [5.74, 6) is 1.03. The number of carbonyl (C=O) groups is 1. The highest BCUT2D eigenvalue weighted by atomic mass is 16.2. The van der Waals surface area contributed by atoms with Gasteiger partial charge in [-0.05, 0) is 38.5 Å². The molecule has 3 heteroatoms. The quantitative estimate of drug-likeness (QED) is 0.713. The lowest BCUT2D eigenvalue weighted by molar-refractivity contribution is -0.129. The van der Waals surface area contributed by atoms with E-state index in [2.05, 4.69) is 6.07 Å². The Labute approximate surface area is 92.1 Å². The van der Waals surface area contributed by atoms with E-state index in [1.54, 1.807) is 6.92 Å². The molecule has 0 atom stereocenters. The van der Waals surface area contributed by atoms with Crippen LogP contribution in [0.15, 0.2) is 0 Å². The molecule has 1 aliphatic rings. The summed E-state index contributed by atoms with van der Waals surface area (Å²) < 4.78 is 0. The van der Waals surface area contributed by atoms with Crippen LogP contribution in [0, 0.1) is 23.2 Å². The summed E-state index contributed by atoms with van der Waals surface area (Å²) in [4.78, 5) is 13.1. The number of nitriles is 1. The molecule has 0 radical (unpaired) electrons. The largest absolute Gasteiger partial charge is 0.343 e. The fraction of sp³-hybridized carbons (Fsp3) is 0.833. The van der Waals surface area contributed by atoms with Crippen molar-refractivity contribution < 1.29 is 4.79 Å². The van der Waals surface area contributed by atoms with Crippen LogP contribution in [0.25, 0.3) is 0 Å². The zero-order valence-electron chi connectivity index (χ0n) is 9.70. The van der Waals surface area contributed by atoms with Crippen molar-refractivity contribution in [2.45, 2.75) is 39.5 Å². The second kappa shape index (κ2) is 5.75. The van der Waals surface area contributed by atoms with Crippen molar-refractivity contribution in [1.29, 1.82) is 5.26 Å². The molecule has 0 unspecified atom stereocenters. The molecule has 0 aromatic heterocycles. The first-order valence-electron chi connectivity index (χ1n) is 5.82. The Balaban J connectivity index is 2.35. The zero-order valence-corrected chi connectivity index (χ0v) is 9.70. The van der Waals surface area contributed by atoms with Gasteiger partial charge in [0.2, 0.25) is 5.91 Å². The number of carbonyl (C=O) groups excluding carboxylic acids is 1. The van der Waals surface area contributed by atoms with Gasteiger partial charge in [-0.25, -0.2) is 0 Å². The Morgan fingerprint density at radius 1 is 1.40 bits per heavy atom. The molecule has 1 amide bonds. The minimum Gasteiger partial charge on any atom is -0.343 e. The van der Waals surface area contributed by atoms with Gasteiger partial charge in [-0.1, -0.05) is 0 Å². The lowest BCUT2D eigenvalue weighted by atomic mass is 9.82. The predicted octanol–water partition coefficient (Wildman–Crippen LogP) is 2.18. The molecule has 0 aromatic rings. The molecule has 0 spiro atoms. The average molecular weight is 208 g/mol. The predicted molar refractivity (Wildman–Crippen MR) is 59.0 cm³/mol. The summed E-state index contributed by atoms with van der Waals surface area (Å²) >= 11 is 0. The van der Waals surface area contributed by atoms with E-state index >= 15 is 0 Å². The van der Waals surface area contributed by atoms with Gasteiger partial charge in [0.15, 0.2) is 0 Å². The number of nitrogens with zero attached hydrogens (tertiary/aromatic N) is 2. The van der Waals surface area contributed by atoms with Gasteiger partial charge in [-0.3, -0.25) is 4.79 Å². The SMILES string of the molecule is CCN(CC1CCC(C#N)CC1)C(C)=O. The minimum atomic E-state index is 0.167. The number of hydrogen-bond donors (Lipinski definition) is 0. The van der Waals surface area contributed by atoms with Gasteiger partial charge >= 0.3 is 0 Å². The molecule has 3 nitrogen and oxygen atoms in total. The number of amides is 1. The second-order valence-corrected chi connectivity index (χ2v) is 4.40. The van der Waals surface area contributed by atoms with Crippen molar-refractivity contribution in [1.82, 2.24) is 4.90 Å². The Hall–Kier alpha value is -1.04. The van der Waals surface area contributed by atoms with Crippen LogP contribution >= 0.6 is 0 Å². The molecule has 0 N–H and O–H groups in total. The molecule has 0 aliphatic heterocycles. The summed E-state index contributed by atoms with van der Waals surface area (Å²) in [6.45, 7) is 5.32. The van der Waals surface area contributed by atoms with E-state index < -0.39 is 0 Å².